The molecule has 0 bridgehead atoms. The molecule has 1 unspecified atom stereocenters. The van der Waals surface area contributed by atoms with Gasteiger partial charge in [0.1, 0.15) is 6.26 Å². The van der Waals surface area contributed by atoms with E-state index in [4.69, 9.17) is 4.74 Å². The van der Waals surface area contributed by atoms with Gasteiger partial charge < -0.3 is 19.9 Å². The molecule has 4 rings (SSSR count). The van der Waals surface area contributed by atoms with Crippen LogP contribution in [0.25, 0.3) is 11.4 Å². The number of benzene rings is 2. The summed E-state index contributed by atoms with van der Waals surface area (Å²) in [6.07, 6.45) is -3.39. The fourth-order valence-electron chi connectivity index (χ4n) is 3.24. The quantitative estimate of drug-likeness (QED) is 0.558. The van der Waals surface area contributed by atoms with Crippen molar-refractivity contribution < 1.29 is 27.2 Å². The third kappa shape index (κ3) is 5.00. The van der Waals surface area contributed by atoms with Gasteiger partial charge in [0.25, 0.3) is 5.91 Å². The Morgan fingerprint density at radius 3 is 2.58 bits per heavy atom. The van der Waals surface area contributed by atoms with Gasteiger partial charge >= 0.3 is 12.1 Å². The zero-order valence-corrected chi connectivity index (χ0v) is 17.8. The number of nitrogens with zero attached hydrogens (tertiary/aromatic N) is 2. The van der Waals surface area contributed by atoms with Gasteiger partial charge in [-0.3, -0.25) is 4.79 Å². The first-order valence-electron chi connectivity index (χ1n) is 10.1. The third-order valence-electron chi connectivity index (χ3n) is 5.18. The Morgan fingerprint density at radius 2 is 1.88 bits per heavy atom. The smallest absolute Gasteiger partial charge is 0.471 e. The van der Waals surface area contributed by atoms with E-state index in [1.807, 2.05) is 44.2 Å². The van der Waals surface area contributed by atoms with Crippen LogP contribution < -0.4 is 10.6 Å². The maximum absolute atomic E-state index is 12.7. The van der Waals surface area contributed by atoms with Crippen LogP contribution in [0.15, 0.2) is 71.1 Å². The fourth-order valence-corrected chi connectivity index (χ4v) is 3.24. The van der Waals surface area contributed by atoms with Gasteiger partial charge in [-0.15, -0.1) is 0 Å². The molecule has 2 N–H and O–H groups in total. The van der Waals surface area contributed by atoms with E-state index >= 15 is 0 Å². The normalized spacial score (nSPS) is 16.0. The predicted octanol–water partition coefficient (Wildman–Crippen LogP) is 4.67. The number of hydrogen-bond acceptors (Lipinski definition) is 6. The minimum atomic E-state index is -4.74. The second-order valence-electron chi connectivity index (χ2n) is 8.17. The topological polar surface area (TPSA) is 89.3 Å². The van der Waals surface area contributed by atoms with Gasteiger partial charge in [-0.05, 0) is 12.1 Å². The largest absolute Gasteiger partial charge is 0.472 e. The van der Waals surface area contributed by atoms with Gasteiger partial charge in [-0.1, -0.05) is 61.5 Å². The molecule has 3 aromatic rings. The van der Waals surface area contributed by atoms with Crippen LogP contribution >= 0.6 is 0 Å². The first-order valence-corrected chi connectivity index (χ1v) is 10.1. The van der Waals surface area contributed by atoms with E-state index in [1.165, 1.54) is 12.1 Å². The lowest BCUT2D eigenvalue weighted by Crippen LogP contribution is -2.38. The molecule has 1 aliphatic heterocycles. The molecule has 0 saturated heterocycles. The van der Waals surface area contributed by atoms with Crippen molar-refractivity contribution in [2.24, 2.45) is 5.41 Å². The van der Waals surface area contributed by atoms with E-state index in [1.54, 1.807) is 18.4 Å². The molecule has 0 radical (unpaired) electrons. The van der Waals surface area contributed by atoms with Crippen molar-refractivity contribution in [2.75, 3.05) is 6.54 Å². The van der Waals surface area contributed by atoms with Gasteiger partial charge in [0.15, 0.2) is 6.23 Å². The van der Waals surface area contributed by atoms with E-state index in [9.17, 15) is 18.0 Å². The third-order valence-corrected chi connectivity index (χ3v) is 5.18. The van der Waals surface area contributed by atoms with Crippen LogP contribution in [0.5, 0.6) is 0 Å². The summed E-state index contributed by atoms with van der Waals surface area (Å²) in [5.41, 5.74) is 1.84. The monoisotopic (exact) mass is 458 g/mol. The van der Waals surface area contributed by atoms with E-state index < -0.39 is 17.5 Å². The van der Waals surface area contributed by atoms with Crippen LogP contribution in [0.3, 0.4) is 0 Å². The maximum Gasteiger partial charge on any atom is 0.471 e. The Balaban J connectivity index is 1.39. The average Bonchev–Trinajstić information content (AvgIpc) is 3.49. The van der Waals surface area contributed by atoms with Crippen LogP contribution in [-0.4, -0.2) is 22.6 Å². The molecular formula is C23H21F3N4O3. The maximum atomic E-state index is 12.7. The van der Waals surface area contributed by atoms with E-state index in [0.717, 1.165) is 11.3 Å². The zero-order chi connectivity index (χ0) is 23.6. The summed E-state index contributed by atoms with van der Waals surface area (Å²) in [6, 6.07) is 15.7. The van der Waals surface area contributed by atoms with E-state index in [-0.39, 0.29) is 29.1 Å². The minimum absolute atomic E-state index is 0.237. The molecule has 2 aromatic carbocycles. The van der Waals surface area contributed by atoms with Gasteiger partial charge in [-0.25, -0.2) is 0 Å². The number of rotatable bonds is 6. The second-order valence-corrected chi connectivity index (χ2v) is 8.17. The van der Waals surface area contributed by atoms with Crippen LogP contribution in [0.1, 0.15) is 41.9 Å². The molecule has 1 aliphatic rings. The Hall–Kier alpha value is -3.82. The lowest BCUT2D eigenvalue weighted by atomic mass is 9.89. The van der Waals surface area contributed by atoms with Crippen molar-refractivity contribution in [1.29, 1.82) is 0 Å². The van der Waals surface area contributed by atoms with Crippen molar-refractivity contribution in [3.05, 3.63) is 83.6 Å². The van der Waals surface area contributed by atoms with Crippen LogP contribution in [0, 0.1) is 5.41 Å². The van der Waals surface area contributed by atoms with Crippen LogP contribution in [0.2, 0.25) is 0 Å². The molecule has 1 amide bonds. The first kappa shape index (κ1) is 22.4. The highest BCUT2D eigenvalue weighted by Crippen LogP contribution is 2.32. The second kappa shape index (κ2) is 8.61. The molecule has 7 nitrogen and oxygen atoms in total. The molecule has 2 heterocycles. The van der Waals surface area contributed by atoms with Crippen molar-refractivity contribution >= 4 is 5.91 Å². The average molecular weight is 458 g/mol. The lowest BCUT2D eigenvalue weighted by Gasteiger charge is -2.27. The summed E-state index contributed by atoms with van der Waals surface area (Å²) in [5.74, 6) is -2.08. The first-order chi connectivity index (χ1) is 15.6. The van der Waals surface area contributed by atoms with Crippen molar-refractivity contribution in [2.45, 2.75) is 26.3 Å². The number of halogens is 3. The summed E-state index contributed by atoms with van der Waals surface area (Å²) in [5, 5.41) is 9.54. The standard InChI is InChI=1S/C23H21F3N4O3/c1-22(2,17-12-32-20(28-17)14-7-4-3-5-8-14)13-27-19(31)16-10-6-9-15(11-16)18-29-21(33-30-18)23(24,25)26/h3-12,20,28H,13H2,1-2H3,(H,27,31). The number of nitrogens with one attached hydrogen (secondary N) is 2. The molecule has 172 valence electrons. The number of ether oxygens (including phenoxy) is 1. The molecule has 0 aliphatic carbocycles. The minimum Gasteiger partial charge on any atom is -0.472 e. The van der Waals surface area contributed by atoms with Gasteiger partial charge in [0.05, 0.1) is 5.70 Å². The summed E-state index contributed by atoms with van der Waals surface area (Å²) < 4.78 is 48.1. The van der Waals surface area contributed by atoms with E-state index in [0.29, 0.717) is 6.54 Å². The Labute approximate surface area is 187 Å². The summed E-state index contributed by atoms with van der Waals surface area (Å²) in [4.78, 5) is 16.1. The molecular weight excluding hydrogens is 437 g/mol. The molecule has 10 heteroatoms. The molecule has 33 heavy (non-hydrogen) atoms. The highest BCUT2D eigenvalue weighted by Gasteiger charge is 2.38. The van der Waals surface area contributed by atoms with E-state index in [2.05, 4.69) is 25.3 Å². The highest BCUT2D eigenvalue weighted by molar-refractivity contribution is 5.95. The molecule has 0 fully saturated rings. The Bertz CT molecular complexity index is 1170. The number of carbonyl (C=O) groups excluding carboxylic acids is 1. The number of hydrogen-bond donors (Lipinski definition) is 2. The number of alkyl halides is 3. The summed E-state index contributed by atoms with van der Waals surface area (Å²) in [7, 11) is 0. The zero-order valence-electron chi connectivity index (χ0n) is 17.8. The summed E-state index contributed by atoms with van der Waals surface area (Å²) in [6.45, 7) is 4.20. The Kier molecular flexibility index (Phi) is 5.84. The van der Waals surface area contributed by atoms with Crippen molar-refractivity contribution in [3.63, 3.8) is 0 Å². The molecule has 0 spiro atoms. The van der Waals surface area contributed by atoms with Crippen LogP contribution in [-0.2, 0) is 10.9 Å². The highest BCUT2D eigenvalue weighted by atomic mass is 19.4. The predicted molar refractivity (Wildman–Crippen MR) is 112 cm³/mol. The Morgan fingerprint density at radius 1 is 1.12 bits per heavy atom. The van der Waals surface area contributed by atoms with Gasteiger partial charge in [-0.2, -0.15) is 18.2 Å². The number of aromatic nitrogens is 2. The number of amides is 1. The SMILES string of the molecule is CC(C)(CNC(=O)c1cccc(-c2noc(C(F)(F)F)n2)c1)C1=COC(c2ccccc2)N1. The van der Waals surface area contributed by atoms with Crippen LogP contribution in [0.4, 0.5) is 13.2 Å². The molecule has 0 saturated carbocycles. The lowest BCUT2D eigenvalue weighted by molar-refractivity contribution is -0.159. The van der Waals surface area contributed by atoms with Gasteiger partial charge in [0.2, 0.25) is 5.82 Å². The van der Waals surface area contributed by atoms with Gasteiger partial charge in [0, 0.05) is 28.7 Å². The molecule has 1 aromatic heterocycles. The molecule has 1 atom stereocenters. The fraction of sp³-hybridized carbons (Fsp3) is 0.261. The summed E-state index contributed by atoms with van der Waals surface area (Å²) >= 11 is 0. The van der Waals surface area contributed by atoms with Crippen molar-refractivity contribution in [3.8, 4) is 11.4 Å². The number of carbonyl (C=O) groups is 1. The van der Waals surface area contributed by atoms with Crippen molar-refractivity contribution in [1.82, 2.24) is 20.8 Å².